The van der Waals surface area contributed by atoms with Crippen LogP contribution in [-0.2, 0) is 10.1 Å². The van der Waals surface area contributed by atoms with E-state index in [-0.39, 0.29) is 23.4 Å². The molecule has 9 rings (SSSR count). The van der Waals surface area contributed by atoms with E-state index in [1.165, 1.54) is 28.7 Å². The zero-order valence-corrected chi connectivity index (χ0v) is 44.7. The van der Waals surface area contributed by atoms with E-state index in [4.69, 9.17) is 25.1 Å². The van der Waals surface area contributed by atoms with Crippen molar-refractivity contribution < 1.29 is 18.1 Å². The number of anilines is 6. The Hall–Kier alpha value is -7.27. The van der Waals surface area contributed by atoms with Crippen LogP contribution in [0.5, 0.6) is 0 Å². The Kier molecular flexibility index (Phi) is 16.0. The highest BCUT2D eigenvalue weighted by Gasteiger charge is 2.21. The molecular formula is C53H53N13O4S4. The van der Waals surface area contributed by atoms with E-state index in [1.807, 2.05) is 72.8 Å². The number of fused-ring (bicyclic) bond motifs is 2. The lowest BCUT2D eigenvalue weighted by atomic mass is 10.2. The first-order chi connectivity index (χ1) is 35.8. The molecule has 17 nitrogen and oxygen atoms in total. The monoisotopic (exact) mass is 1060 g/mol. The number of azo groups is 2. The molecule has 0 spiro atoms. The quantitative estimate of drug-likeness (QED) is 0.0317. The summed E-state index contributed by atoms with van der Waals surface area (Å²) in [5.74, 6) is 0.833. The smallest absolute Gasteiger partial charge is 0.296 e. The summed E-state index contributed by atoms with van der Waals surface area (Å²) in [6.45, 7) is 15.2. The summed E-state index contributed by atoms with van der Waals surface area (Å²) in [7, 11) is -4.45. The molecule has 0 amide bonds. The first-order valence-corrected chi connectivity index (χ1v) is 28.0. The molecule has 3 heterocycles. The summed E-state index contributed by atoms with van der Waals surface area (Å²) < 4.78 is 36.0. The number of thioether (sulfide) groups is 1. The molecule has 0 unspecified atom stereocenters. The third kappa shape index (κ3) is 11.9. The number of aryl methyl sites for hydroxylation is 2. The van der Waals surface area contributed by atoms with Crippen LogP contribution in [0.2, 0.25) is 0 Å². The van der Waals surface area contributed by atoms with Gasteiger partial charge in [-0.2, -0.15) is 33.6 Å². The van der Waals surface area contributed by atoms with Gasteiger partial charge < -0.3 is 25.5 Å². The average molecular weight is 1060 g/mol. The van der Waals surface area contributed by atoms with Crippen LogP contribution in [0.3, 0.4) is 0 Å². The zero-order chi connectivity index (χ0) is 51.9. The first-order valence-electron chi connectivity index (χ1n) is 23.9. The maximum absolute atomic E-state index is 12.2. The molecule has 3 aromatic heterocycles. The lowest BCUT2D eigenvalue weighted by molar-refractivity contribution is 0.322. The number of hydrogen-bond acceptors (Lipinski definition) is 19. The van der Waals surface area contributed by atoms with Crippen LogP contribution in [0.1, 0.15) is 38.8 Å². The van der Waals surface area contributed by atoms with Gasteiger partial charge in [-0.25, -0.2) is 9.97 Å². The van der Waals surface area contributed by atoms with Crippen LogP contribution in [0, 0.1) is 13.8 Å². The SMILES string of the molecule is CCN(CC)c1ccc(/N=N/c2ccc(-c3nc4ccc(C)cc4s3)cc2)c(Nc2nc(Nc3cc(N(CC)CC)ccc3/N=N/c3ccc(-c4nc5ccc(C)c(S(=O)(=O)O)c5s4)cc3)nc(SCCO)n2)c1. The molecule has 21 heteroatoms. The van der Waals surface area contributed by atoms with Gasteiger partial charge in [-0.3, -0.25) is 4.55 Å². The van der Waals surface area contributed by atoms with Crippen LogP contribution in [0.25, 0.3) is 41.6 Å². The molecular weight excluding hydrogens is 1010 g/mol. The maximum Gasteiger partial charge on any atom is 0.296 e. The average Bonchev–Trinajstić information content (AvgIpc) is 4.03. The van der Waals surface area contributed by atoms with Crippen molar-refractivity contribution in [2.45, 2.75) is 51.6 Å². The number of thiazole rings is 2. The summed E-state index contributed by atoms with van der Waals surface area (Å²) in [6.07, 6.45) is 0. The number of rotatable bonds is 20. The lowest BCUT2D eigenvalue weighted by Crippen LogP contribution is -2.21. The highest BCUT2D eigenvalue weighted by Crippen LogP contribution is 2.39. The third-order valence-electron chi connectivity index (χ3n) is 11.9. The molecule has 0 saturated carbocycles. The Morgan fingerprint density at radius 1 is 0.595 bits per heavy atom. The zero-order valence-electron chi connectivity index (χ0n) is 41.5. The molecule has 0 aliphatic carbocycles. The number of aliphatic hydroxyl groups excluding tert-OH is 1. The summed E-state index contributed by atoms with van der Waals surface area (Å²) in [4.78, 5) is 28.2. The van der Waals surface area contributed by atoms with Crippen molar-refractivity contribution in [3.8, 4) is 21.1 Å². The Labute approximate surface area is 441 Å². The molecule has 0 fully saturated rings. The minimum Gasteiger partial charge on any atom is -0.396 e. The van der Waals surface area contributed by atoms with Gasteiger partial charge in [0.25, 0.3) is 10.1 Å². The van der Waals surface area contributed by atoms with Crippen LogP contribution in [0.15, 0.2) is 146 Å². The Morgan fingerprint density at radius 3 is 1.62 bits per heavy atom. The molecule has 378 valence electrons. The van der Waals surface area contributed by atoms with Gasteiger partial charge >= 0.3 is 0 Å². The lowest BCUT2D eigenvalue weighted by Gasteiger charge is -2.22. The highest BCUT2D eigenvalue weighted by atomic mass is 32.2. The second-order valence-corrected chi connectivity index (χ2v) is 21.3. The molecule has 6 aromatic carbocycles. The van der Waals surface area contributed by atoms with Gasteiger partial charge in [0, 0.05) is 54.4 Å². The van der Waals surface area contributed by atoms with Crippen LogP contribution >= 0.6 is 34.4 Å². The van der Waals surface area contributed by atoms with Gasteiger partial charge in [0.1, 0.15) is 26.3 Å². The van der Waals surface area contributed by atoms with Crippen molar-refractivity contribution in [1.29, 1.82) is 0 Å². The topological polar surface area (TPSA) is 219 Å². The van der Waals surface area contributed by atoms with Crippen molar-refractivity contribution in [3.63, 3.8) is 0 Å². The van der Waals surface area contributed by atoms with Crippen LogP contribution in [0.4, 0.5) is 57.4 Å². The van der Waals surface area contributed by atoms with Gasteiger partial charge in [-0.15, -0.1) is 32.9 Å². The molecule has 0 aliphatic rings. The van der Waals surface area contributed by atoms with E-state index in [9.17, 15) is 18.1 Å². The molecule has 4 N–H and O–H groups in total. The molecule has 74 heavy (non-hydrogen) atoms. The number of hydrogen-bond donors (Lipinski definition) is 4. The van der Waals surface area contributed by atoms with Gasteiger partial charge in [0.15, 0.2) is 5.16 Å². The second-order valence-electron chi connectivity index (χ2n) is 16.9. The Bertz CT molecular complexity index is 3630. The molecule has 0 aliphatic heterocycles. The predicted octanol–water partition coefficient (Wildman–Crippen LogP) is 14.4. The number of nitrogens with one attached hydrogen (secondary N) is 2. The molecule has 0 saturated heterocycles. The fourth-order valence-electron chi connectivity index (χ4n) is 8.13. The van der Waals surface area contributed by atoms with E-state index in [1.54, 1.807) is 42.5 Å². The van der Waals surface area contributed by atoms with Crippen molar-refractivity contribution in [2.75, 3.05) is 59.0 Å². The normalized spacial score (nSPS) is 11.9. The number of nitrogens with zero attached hydrogens (tertiary/aromatic N) is 11. The van der Waals surface area contributed by atoms with Crippen LogP contribution < -0.4 is 20.4 Å². The predicted molar refractivity (Wildman–Crippen MR) is 302 cm³/mol. The number of aliphatic hydroxyl groups is 1. The largest absolute Gasteiger partial charge is 0.396 e. The highest BCUT2D eigenvalue weighted by molar-refractivity contribution is 7.99. The summed E-state index contributed by atoms with van der Waals surface area (Å²) in [6, 6.07) is 36.6. The third-order valence-corrected chi connectivity index (χ3v) is 16.1. The fourth-order valence-corrected chi connectivity index (χ4v) is 12.1. The Balaban J connectivity index is 1.01. The number of aromatic nitrogens is 5. The van der Waals surface area contributed by atoms with Gasteiger partial charge in [0.2, 0.25) is 11.9 Å². The van der Waals surface area contributed by atoms with E-state index < -0.39 is 10.1 Å². The van der Waals surface area contributed by atoms with Crippen molar-refractivity contribution in [3.05, 3.63) is 126 Å². The van der Waals surface area contributed by atoms with E-state index >= 15 is 0 Å². The van der Waals surface area contributed by atoms with Crippen molar-refractivity contribution >= 4 is 122 Å². The number of benzene rings is 6. The molecule has 9 aromatic rings. The van der Waals surface area contributed by atoms with Crippen LogP contribution in [-0.4, -0.2) is 81.5 Å². The van der Waals surface area contributed by atoms with Crippen molar-refractivity contribution in [2.24, 2.45) is 20.5 Å². The van der Waals surface area contributed by atoms with Gasteiger partial charge in [0.05, 0.1) is 49.8 Å². The van der Waals surface area contributed by atoms with Crippen molar-refractivity contribution in [1.82, 2.24) is 24.9 Å². The minimum atomic E-state index is -4.45. The van der Waals surface area contributed by atoms with Gasteiger partial charge in [-0.05, 0) is 156 Å². The van der Waals surface area contributed by atoms with E-state index in [0.29, 0.717) is 65.8 Å². The standard InChI is InChI=1S/C53H53N13O4S4/c1-7-65(8-2)38-21-25-40(63-61-36-17-13-34(14-18-36)49-54-42-23-11-32(5)29-46(42)72-49)44(30-38)56-51-58-52(60-53(59-51)71-28-27-67)57-45-31-39(66(9-3)10-4)22-26-41(45)64-62-37-19-15-35(16-20-37)50-55-43-24-12-33(6)48(47(43)73-50)74(68,69)70/h11-26,29-31,67H,7-10,27-28H2,1-6H3,(H,68,69,70)(H2,56,57,58,59,60)/b63-61+,64-62+. The van der Waals surface area contributed by atoms with E-state index in [2.05, 4.69) is 93.6 Å². The molecule has 0 bridgehead atoms. The molecule has 0 atom stereocenters. The summed E-state index contributed by atoms with van der Waals surface area (Å²) in [5, 5.41) is 37.2. The second kappa shape index (κ2) is 22.9. The first kappa shape index (κ1) is 51.6. The fraction of sp³-hybridized carbons (Fsp3) is 0.226. The minimum absolute atomic E-state index is 0.0771. The van der Waals surface area contributed by atoms with Gasteiger partial charge in [-0.1, -0.05) is 23.9 Å². The summed E-state index contributed by atoms with van der Waals surface area (Å²) >= 11 is 4.15. The maximum atomic E-state index is 12.2. The Morgan fingerprint density at radius 2 is 1.11 bits per heavy atom. The molecule has 0 radical (unpaired) electrons. The summed E-state index contributed by atoms with van der Waals surface area (Å²) in [5.41, 5.74) is 10.3. The van der Waals surface area contributed by atoms with E-state index in [0.717, 1.165) is 63.9 Å².